The molecule has 2 rings (SSSR count). The molecule has 10 heteroatoms. The van der Waals surface area contributed by atoms with Gasteiger partial charge in [-0.25, -0.2) is 12.8 Å². The van der Waals surface area contributed by atoms with Crippen molar-refractivity contribution in [2.75, 3.05) is 17.1 Å². The van der Waals surface area contributed by atoms with Gasteiger partial charge in [0.15, 0.2) is 0 Å². The van der Waals surface area contributed by atoms with Gasteiger partial charge >= 0.3 is 0 Å². The molecule has 0 aromatic heterocycles. The maximum Gasteiger partial charge on any atom is 0.243 e. The fourth-order valence-electron chi connectivity index (χ4n) is 3.70. The van der Waals surface area contributed by atoms with E-state index in [4.69, 9.17) is 11.6 Å². The molecule has 2 aromatic rings. The molecule has 2 amide bonds. The van der Waals surface area contributed by atoms with Gasteiger partial charge < -0.3 is 10.2 Å². The molecule has 0 saturated carbocycles. The molecule has 0 aliphatic heterocycles. The first-order valence-electron chi connectivity index (χ1n) is 11.5. The van der Waals surface area contributed by atoms with Crippen LogP contribution in [0.5, 0.6) is 0 Å². The van der Waals surface area contributed by atoms with Gasteiger partial charge in [-0.15, -0.1) is 0 Å². The molecule has 0 unspecified atom stereocenters. The van der Waals surface area contributed by atoms with Crippen LogP contribution in [-0.4, -0.2) is 50.0 Å². The molecule has 35 heavy (non-hydrogen) atoms. The molecule has 0 saturated heterocycles. The molecule has 1 atom stereocenters. The lowest BCUT2D eigenvalue weighted by atomic mass is 10.1. The number of hydrogen-bond donors (Lipinski definition) is 1. The molecule has 0 spiro atoms. The van der Waals surface area contributed by atoms with E-state index in [1.165, 1.54) is 21.3 Å². The van der Waals surface area contributed by atoms with E-state index in [2.05, 4.69) is 5.32 Å². The quantitative estimate of drug-likeness (QED) is 0.446. The lowest BCUT2D eigenvalue weighted by molar-refractivity contribution is -0.141. The number of halogens is 2. The van der Waals surface area contributed by atoms with Crippen molar-refractivity contribution in [1.29, 1.82) is 0 Å². The first kappa shape index (κ1) is 28.6. The standard InChI is InChI=1S/C25H33ClFN3O4S/c1-5-23(25(32)28-18(2)3)29(17-19-8-12-21(27)13-9-19)24(31)7-6-16-30(35(4,33)34)22-14-10-20(26)11-15-22/h8-15,18,23H,5-7,16-17H2,1-4H3,(H,28,32)/t23-/m1/s1. The fraction of sp³-hybridized carbons (Fsp3) is 0.440. The maximum absolute atomic E-state index is 13.4. The summed E-state index contributed by atoms with van der Waals surface area (Å²) in [6.45, 7) is 5.73. The second kappa shape index (κ2) is 12.9. The molecule has 0 heterocycles. The molecule has 192 valence electrons. The van der Waals surface area contributed by atoms with E-state index in [-0.39, 0.29) is 49.6 Å². The molecule has 0 fully saturated rings. The van der Waals surface area contributed by atoms with Crippen LogP contribution in [0.4, 0.5) is 10.1 Å². The van der Waals surface area contributed by atoms with Gasteiger partial charge in [0.1, 0.15) is 11.9 Å². The number of sulfonamides is 1. The minimum Gasteiger partial charge on any atom is -0.352 e. The average Bonchev–Trinajstić information content (AvgIpc) is 2.77. The highest BCUT2D eigenvalue weighted by atomic mass is 35.5. The first-order chi connectivity index (χ1) is 16.4. The van der Waals surface area contributed by atoms with Gasteiger partial charge in [0.05, 0.1) is 11.9 Å². The van der Waals surface area contributed by atoms with Gasteiger partial charge in [0, 0.05) is 30.6 Å². The first-order valence-corrected chi connectivity index (χ1v) is 13.7. The van der Waals surface area contributed by atoms with E-state index >= 15 is 0 Å². The lowest BCUT2D eigenvalue weighted by Gasteiger charge is -2.31. The van der Waals surface area contributed by atoms with E-state index in [1.54, 1.807) is 36.4 Å². The number of anilines is 1. The Morgan fingerprint density at radius 2 is 1.66 bits per heavy atom. The smallest absolute Gasteiger partial charge is 0.243 e. The van der Waals surface area contributed by atoms with Gasteiger partial charge in [0.25, 0.3) is 0 Å². The molecular weight excluding hydrogens is 493 g/mol. The largest absolute Gasteiger partial charge is 0.352 e. The number of nitrogens with one attached hydrogen (secondary N) is 1. The maximum atomic E-state index is 13.4. The normalized spacial score (nSPS) is 12.3. The van der Waals surface area contributed by atoms with Crippen molar-refractivity contribution in [2.24, 2.45) is 0 Å². The molecule has 0 radical (unpaired) electrons. The highest BCUT2D eigenvalue weighted by Crippen LogP contribution is 2.22. The van der Waals surface area contributed by atoms with Crippen molar-refractivity contribution in [3.8, 4) is 0 Å². The molecular formula is C25H33ClFN3O4S. The number of benzene rings is 2. The summed E-state index contributed by atoms with van der Waals surface area (Å²) in [6.07, 6.45) is 1.78. The summed E-state index contributed by atoms with van der Waals surface area (Å²) in [5.74, 6) is -0.944. The molecule has 0 aliphatic carbocycles. The SMILES string of the molecule is CC[C@H](C(=O)NC(C)C)N(Cc1ccc(F)cc1)C(=O)CCCN(c1ccc(Cl)cc1)S(C)(=O)=O. The van der Waals surface area contributed by atoms with E-state index < -0.39 is 16.1 Å². The molecule has 2 aromatic carbocycles. The van der Waals surface area contributed by atoms with E-state index in [1.807, 2.05) is 20.8 Å². The predicted octanol–water partition coefficient (Wildman–Crippen LogP) is 4.36. The Bertz CT molecular complexity index is 1090. The summed E-state index contributed by atoms with van der Waals surface area (Å²) in [7, 11) is -3.58. The highest BCUT2D eigenvalue weighted by Gasteiger charge is 2.29. The minimum absolute atomic E-state index is 0.0340. The highest BCUT2D eigenvalue weighted by molar-refractivity contribution is 7.92. The van der Waals surface area contributed by atoms with Gasteiger partial charge in [-0.1, -0.05) is 30.7 Å². The van der Waals surface area contributed by atoms with Crippen molar-refractivity contribution in [2.45, 2.75) is 58.7 Å². The van der Waals surface area contributed by atoms with Crippen LogP contribution in [0.15, 0.2) is 48.5 Å². The van der Waals surface area contributed by atoms with Gasteiger partial charge in [-0.05, 0) is 68.7 Å². The van der Waals surface area contributed by atoms with Crippen LogP contribution < -0.4 is 9.62 Å². The Labute approximate surface area is 212 Å². The van der Waals surface area contributed by atoms with Crippen LogP contribution >= 0.6 is 11.6 Å². The monoisotopic (exact) mass is 525 g/mol. The summed E-state index contributed by atoms with van der Waals surface area (Å²) in [5, 5.41) is 3.34. The second-order valence-corrected chi connectivity index (χ2v) is 11.0. The van der Waals surface area contributed by atoms with Gasteiger partial charge in [0.2, 0.25) is 21.8 Å². The molecule has 7 nitrogen and oxygen atoms in total. The summed E-state index contributed by atoms with van der Waals surface area (Å²) in [4.78, 5) is 27.6. The Morgan fingerprint density at radius 1 is 1.06 bits per heavy atom. The third-order valence-electron chi connectivity index (χ3n) is 5.35. The summed E-state index contributed by atoms with van der Waals surface area (Å²) < 4.78 is 39.3. The second-order valence-electron chi connectivity index (χ2n) is 8.65. The topological polar surface area (TPSA) is 86.8 Å². The van der Waals surface area contributed by atoms with Crippen molar-refractivity contribution in [1.82, 2.24) is 10.2 Å². The average molecular weight is 526 g/mol. The zero-order chi connectivity index (χ0) is 26.2. The van der Waals surface area contributed by atoms with Gasteiger partial charge in [-0.3, -0.25) is 13.9 Å². The minimum atomic E-state index is -3.58. The number of carbonyl (C=O) groups is 2. The summed E-state index contributed by atoms with van der Waals surface area (Å²) in [5.41, 5.74) is 1.14. The molecule has 0 aliphatic rings. The van der Waals surface area contributed by atoms with Crippen LogP contribution in [-0.2, 0) is 26.2 Å². The number of rotatable bonds is 12. The molecule has 0 bridgehead atoms. The number of amides is 2. The summed E-state index contributed by atoms with van der Waals surface area (Å²) >= 11 is 5.92. The molecule has 1 N–H and O–H groups in total. The Kier molecular flexibility index (Phi) is 10.5. The van der Waals surface area contributed by atoms with Gasteiger partial charge in [-0.2, -0.15) is 0 Å². The predicted molar refractivity (Wildman–Crippen MR) is 137 cm³/mol. The van der Waals surface area contributed by atoms with Crippen molar-refractivity contribution in [3.05, 3.63) is 64.9 Å². The third-order valence-corrected chi connectivity index (χ3v) is 6.80. The zero-order valence-corrected chi connectivity index (χ0v) is 22.1. The van der Waals surface area contributed by atoms with E-state index in [0.717, 1.165) is 6.26 Å². The van der Waals surface area contributed by atoms with Crippen molar-refractivity contribution < 1.29 is 22.4 Å². The van der Waals surface area contributed by atoms with Crippen LogP contribution in [0, 0.1) is 5.82 Å². The Balaban J connectivity index is 2.20. The van der Waals surface area contributed by atoms with E-state index in [9.17, 15) is 22.4 Å². The van der Waals surface area contributed by atoms with Crippen molar-refractivity contribution in [3.63, 3.8) is 0 Å². The zero-order valence-electron chi connectivity index (χ0n) is 20.5. The van der Waals surface area contributed by atoms with Crippen LogP contribution in [0.25, 0.3) is 0 Å². The van der Waals surface area contributed by atoms with Crippen molar-refractivity contribution >= 4 is 39.1 Å². The number of nitrogens with zero attached hydrogens (tertiary/aromatic N) is 2. The number of carbonyl (C=O) groups excluding carboxylic acids is 2. The van der Waals surface area contributed by atoms with E-state index in [0.29, 0.717) is 22.7 Å². The summed E-state index contributed by atoms with van der Waals surface area (Å²) in [6, 6.07) is 11.4. The Morgan fingerprint density at radius 3 is 2.17 bits per heavy atom. The Hall–Kier alpha value is -2.65. The fourth-order valence-corrected chi connectivity index (χ4v) is 4.79. The van der Waals surface area contributed by atoms with Crippen LogP contribution in [0.1, 0.15) is 45.6 Å². The third kappa shape index (κ3) is 8.81. The lowest BCUT2D eigenvalue weighted by Crippen LogP contribution is -2.50. The van der Waals surface area contributed by atoms with Crippen LogP contribution in [0.2, 0.25) is 5.02 Å². The number of hydrogen-bond acceptors (Lipinski definition) is 4. The van der Waals surface area contributed by atoms with Crippen LogP contribution in [0.3, 0.4) is 0 Å².